The number of nitriles is 1. The molecule has 1 aromatic heterocycles. The van der Waals surface area contributed by atoms with Gasteiger partial charge in [-0.2, -0.15) is 5.26 Å². The molecular weight excluding hydrogens is 262 g/mol. The van der Waals surface area contributed by atoms with Gasteiger partial charge < -0.3 is 9.84 Å². The number of imidazole rings is 1. The number of hydrogen-bond acceptors (Lipinski definition) is 4. The molecule has 0 saturated heterocycles. The van der Waals surface area contributed by atoms with Gasteiger partial charge >= 0.3 is 5.97 Å². The second kappa shape index (κ2) is 5.99. The van der Waals surface area contributed by atoms with Crippen LogP contribution in [0.15, 0.2) is 0 Å². The minimum absolute atomic E-state index is 0.0514. The summed E-state index contributed by atoms with van der Waals surface area (Å²) in [6.45, 7) is 8.94. The van der Waals surface area contributed by atoms with Gasteiger partial charge in [-0.3, -0.25) is 4.57 Å². The van der Waals surface area contributed by atoms with Crippen LogP contribution in [0.25, 0.3) is 0 Å². The molecule has 6 nitrogen and oxygen atoms in total. The molecule has 0 unspecified atom stereocenters. The Hall–Kier alpha value is -1.65. The van der Waals surface area contributed by atoms with Crippen LogP contribution in [0.5, 0.6) is 0 Å². The molecule has 0 atom stereocenters. The molecule has 0 bridgehead atoms. The van der Waals surface area contributed by atoms with Crippen molar-refractivity contribution in [3.8, 4) is 6.07 Å². The molecule has 0 aliphatic rings. The standard InChI is InChI=1S/C12H19N3O3Si/c1-9-10(7-13)15(11(14-9)12(16)17)8-18-5-6-19(2,3)4/h5-6,8H2,1-4H3,(H,16,17). The predicted molar refractivity (Wildman–Crippen MR) is 72.7 cm³/mol. The van der Waals surface area contributed by atoms with Gasteiger partial charge in [-0.25, -0.2) is 9.78 Å². The highest BCUT2D eigenvalue weighted by atomic mass is 28.3. The van der Waals surface area contributed by atoms with E-state index in [1.165, 1.54) is 4.57 Å². The van der Waals surface area contributed by atoms with Crippen molar-refractivity contribution >= 4 is 14.0 Å². The first kappa shape index (κ1) is 15.4. The highest BCUT2D eigenvalue weighted by molar-refractivity contribution is 6.76. The van der Waals surface area contributed by atoms with Crippen LogP contribution in [0, 0.1) is 18.3 Å². The molecule has 1 heterocycles. The Balaban J connectivity index is 2.77. The van der Waals surface area contributed by atoms with Gasteiger partial charge in [0.15, 0.2) is 0 Å². The van der Waals surface area contributed by atoms with Crippen molar-refractivity contribution in [3.63, 3.8) is 0 Å². The van der Waals surface area contributed by atoms with Crippen LogP contribution in [-0.4, -0.2) is 35.3 Å². The SMILES string of the molecule is Cc1nc(C(=O)O)n(COCC[Si](C)(C)C)c1C#N. The van der Waals surface area contributed by atoms with Crippen LogP contribution in [-0.2, 0) is 11.5 Å². The Kier molecular flexibility index (Phi) is 4.86. The number of carboxylic acids is 1. The van der Waals surface area contributed by atoms with Crippen molar-refractivity contribution in [2.45, 2.75) is 39.3 Å². The Labute approximate surface area is 113 Å². The minimum Gasteiger partial charge on any atom is -0.475 e. The van der Waals surface area contributed by atoms with Crippen molar-refractivity contribution in [3.05, 3.63) is 17.2 Å². The molecule has 19 heavy (non-hydrogen) atoms. The van der Waals surface area contributed by atoms with Gasteiger partial charge in [0.2, 0.25) is 5.82 Å². The van der Waals surface area contributed by atoms with Crippen molar-refractivity contribution in [1.82, 2.24) is 9.55 Å². The fraction of sp³-hybridized carbons (Fsp3) is 0.583. The number of carboxylic acid groups (broad SMARTS) is 1. The lowest BCUT2D eigenvalue weighted by molar-refractivity contribution is 0.0611. The number of aryl methyl sites for hydroxylation is 1. The van der Waals surface area contributed by atoms with E-state index < -0.39 is 14.0 Å². The largest absolute Gasteiger partial charge is 0.475 e. The van der Waals surface area contributed by atoms with Gasteiger partial charge in [0.1, 0.15) is 18.5 Å². The zero-order valence-electron chi connectivity index (χ0n) is 11.7. The summed E-state index contributed by atoms with van der Waals surface area (Å²) in [5.74, 6) is -1.31. The van der Waals surface area contributed by atoms with Crippen molar-refractivity contribution in [2.24, 2.45) is 0 Å². The van der Waals surface area contributed by atoms with Crippen LogP contribution >= 0.6 is 0 Å². The Morgan fingerprint density at radius 1 is 1.53 bits per heavy atom. The van der Waals surface area contributed by atoms with Gasteiger partial charge in [-0.05, 0) is 13.0 Å². The lowest BCUT2D eigenvalue weighted by Crippen LogP contribution is -2.22. The summed E-state index contributed by atoms with van der Waals surface area (Å²) in [5.41, 5.74) is 0.652. The number of carbonyl (C=O) groups is 1. The maximum atomic E-state index is 11.1. The molecule has 0 aliphatic heterocycles. The molecule has 0 aromatic carbocycles. The van der Waals surface area contributed by atoms with E-state index in [1.54, 1.807) is 6.92 Å². The Morgan fingerprint density at radius 2 is 2.16 bits per heavy atom. The molecule has 0 radical (unpaired) electrons. The number of hydrogen-bond donors (Lipinski definition) is 1. The summed E-state index contributed by atoms with van der Waals surface area (Å²) < 4.78 is 6.79. The third kappa shape index (κ3) is 4.19. The van der Waals surface area contributed by atoms with Crippen LogP contribution < -0.4 is 0 Å². The molecule has 1 rings (SSSR count). The van der Waals surface area contributed by atoms with E-state index in [-0.39, 0.29) is 18.2 Å². The highest BCUT2D eigenvalue weighted by Crippen LogP contribution is 2.12. The first-order valence-corrected chi connectivity index (χ1v) is 9.75. The quantitative estimate of drug-likeness (QED) is 0.637. The second-order valence-corrected chi connectivity index (χ2v) is 11.2. The van der Waals surface area contributed by atoms with Crippen LogP contribution in [0.2, 0.25) is 25.7 Å². The molecule has 1 aromatic rings. The van der Waals surface area contributed by atoms with E-state index in [4.69, 9.17) is 15.1 Å². The lowest BCUT2D eigenvalue weighted by atomic mass is 10.4. The number of nitrogens with zero attached hydrogens (tertiary/aromatic N) is 3. The normalized spacial score (nSPS) is 11.3. The van der Waals surface area contributed by atoms with E-state index in [1.807, 2.05) is 6.07 Å². The van der Waals surface area contributed by atoms with Crippen LogP contribution in [0.1, 0.15) is 22.0 Å². The summed E-state index contributed by atoms with van der Waals surface area (Å²) in [5, 5.41) is 18.1. The molecule has 104 valence electrons. The van der Waals surface area contributed by atoms with Gasteiger partial charge in [0.25, 0.3) is 0 Å². The zero-order chi connectivity index (χ0) is 14.6. The maximum absolute atomic E-state index is 11.1. The summed E-state index contributed by atoms with van der Waals surface area (Å²) >= 11 is 0. The molecule has 0 fully saturated rings. The summed E-state index contributed by atoms with van der Waals surface area (Å²) in [6.07, 6.45) is 0. The lowest BCUT2D eigenvalue weighted by Gasteiger charge is -2.16. The Bertz CT molecular complexity index is 512. The molecule has 0 spiro atoms. The van der Waals surface area contributed by atoms with Gasteiger partial charge in [-0.15, -0.1) is 0 Å². The summed E-state index contributed by atoms with van der Waals surface area (Å²) in [6, 6.07) is 2.95. The van der Waals surface area contributed by atoms with Gasteiger partial charge in [-0.1, -0.05) is 19.6 Å². The number of aromatic carboxylic acids is 1. The zero-order valence-corrected chi connectivity index (χ0v) is 12.7. The van der Waals surface area contributed by atoms with Gasteiger partial charge in [0.05, 0.1) is 5.69 Å². The minimum atomic E-state index is -1.18. The van der Waals surface area contributed by atoms with Crippen molar-refractivity contribution < 1.29 is 14.6 Å². The number of ether oxygens (including phenoxy) is 1. The van der Waals surface area contributed by atoms with Gasteiger partial charge in [0, 0.05) is 14.7 Å². The smallest absolute Gasteiger partial charge is 0.372 e. The molecule has 1 N–H and O–H groups in total. The molecule has 7 heteroatoms. The van der Waals surface area contributed by atoms with E-state index in [9.17, 15) is 4.79 Å². The van der Waals surface area contributed by atoms with E-state index in [2.05, 4.69) is 24.6 Å². The van der Waals surface area contributed by atoms with Crippen LogP contribution in [0.4, 0.5) is 0 Å². The number of aromatic nitrogens is 2. The first-order valence-electron chi connectivity index (χ1n) is 6.04. The summed E-state index contributed by atoms with van der Waals surface area (Å²) in [7, 11) is -1.18. The monoisotopic (exact) mass is 281 g/mol. The van der Waals surface area contributed by atoms with Crippen molar-refractivity contribution in [2.75, 3.05) is 6.61 Å². The van der Waals surface area contributed by atoms with E-state index in [0.717, 1.165) is 6.04 Å². The topological polar surface area (TPSA) is 88.1 Å². The molecular formula is C12H19N3O3Si. The fourth-order valence-corrected chi connectivity index (χ4v) is 2.29. The molecule has 0 aliphatic carbocycles. The van der Waals surface area contributed by atoms with Crippen molar-refractivity contribution in [1.29, 1.82) is 5.26 Å². The first-order chi connectivity index (χ1) is 8.76. The third-order valence-electron chi connectivity index (χ3n) is 2.66. The highest BCUT2D eigenvalue weighted by Gasteiger charge is 2.19. The predicted octanol–water partition coefficient (Wildman–Crippen LogP) is 2.07. The number of rotatable bonds is 6. The average Bonchev–Trinajstić information content (AvgIpc) is 2.60. The third-order valence-corrected chi connectivity index (χ3v) is 4.36. The molecule has 0 saturated carbocycles. The maximum Gasteiger partial charge on any atom is 0.372 e. The van der Waals surface area contributed by atoms with E-state index >= 15 is 0 Å². The Morgan fingerprint density at radius 3 is 2.63 bits per heavy atom. The van der Waals surface area contributed by atoms with E-state index in [0.29, 0.717) is 12.3 Å². The fourth-order valence-electron chi connectivity index (χ4n) is 1.54. The molecule has 0 amide bonds. The second-order valence-electron chi connectivity index (χ2n) is 5.56. The average molecular weight is 281 g/mol. The van der Waals surface area contributed by atoms with Crippen LogP contribution in [0.3, 0.4) is 0 Å². The summed E-state index contributed by atoms with van der Waals surface area (Å²) in [4.78, 5) is 14.9.